The van der Waals surface area contributed by atoms with Crippen LogP contribution in [0.3, 0.4) is 0 Å². The minimum absolute atomic E-state index is 0.0779. The van der Waals surface area contributed by atoms with Crippen LogP contribution in [0.4, 0.5) is 4.79 Å². The van der Waals surface area contributed by atoms with Crippen LogP contribution in [0.5, 0.6) is 0 Å². The second-order valence-electron chi connectivity index (χ2n) is 7.20. The largest absolute Gasteiger partial charge is 0.396 e. The van der Waals surface area contributed by atoms with Gasteiger partial charge in [-0.3, -0.25) is 4.79 Å². The van der Waals surface area contributed by atoms with Gasteiger partial charge in [0.25, 0.3) is 0 Å². The Kier molecular flexibility index (Phi) is 5.41. The van der Waals surface area contributed by atoms with Crippen LogP contribution in [-0.2, 0) is 4.79 Å². The number of likely N-dealkylation sites (tertiary alicyclic amines) is 2. The fourth-order valence-electron chi connectivity index (χ4n) is 4.40. The molecule has 1 aliphatic carbocycles. The Morgan fingerprint density at radius 1 is 1.22 bits per heavy atom. The summed E-state index contributed by atoms with van der Waals surface area (Å²) in [6.07, 6.45) is 7.61. The van der Waals surface area contributed by atoms with E-state index in [2.05, 4.69) is 5.32 Å². The van der Waals surface area contributed by atoms with E-state index < -0.39 is 0 Å². The number of nitrogens with one attached hydrogen (secondary N) is 1. The van der Waals surface area contributed by atoms with Crippen molar-refractivity contribution in [3.05, 3.63) is 0 Å². The molecule has 3 rings (SSSR count). The first kappa shape index (κ1) is 16.6. The molecule has 0 aromatic carbocycles. The highest BCUT2D eigenvalue weighted by molar-refractivity contribution is 5.78. The van der Waals surface area contributed by atoms with Crippen LogP contribution in [0, 0.1) is 5.92 Å². The molecule has 1 saturated carbocycles. The molecule has 0 radical (unpaired) electrons. The van der Waals surface area contributed by atoms with Crippen LogP contribution in [0.1, 0.15) is 51.4 Å². The molecule has 3 aliphatic rings. The molecule has 0 unspecified atom stereocenters. The number of aliphatic hydroxyl groups excluding tert-OH is 1. The van der Waals surface area contributed by atoms with Crippen LogP contribution in [0.2, 0.25) is 0 Å². The Bertz CT molecular complexity index is 437. The van der Waals surface area contributed by atoms with Crippen molar-refractivity contribution in [3.8, 4) is 0 Å². The van der Waals surface area contributed by atoms with Gasteiger partial charge in [0.15, 0.2) is 0 Å². The Balaban J connectivity index is 1.55. The van der Waals surface area contributed by atoms with E-state index in [0.29, 0.717) is 31.3 Å². The van der Waals surface area contributed by atoms with Crippen molar-refractivity contribution >= 4 is 11.9 Å². The monoisotopic (exact) mass is 323 g/mol. The minimum Gasteiger partial charge on any atom is -0.396 e. The lowest BCUT2D eigenvalue weighted by molar-refractivity contribution is -0.140. The summed E-state index contributed by atoms with van der Waals surface area (Å²) in [5.41, 5.74) is 0. The topological polar surface area (TPSA) is 72.9 Å². The number of rotatable bonds is 4. The SMILES string of the molecule is O=C(NC1CCCC1)N1CC[C@@H]2[C@@H](CCC(=O)N2CCCO)C1. The predicted molar refractivity (Wildman–Crippen MR) is 86.9 cm³/mol. The van der Waals surface area contributed by atoms with E-state index >= 15 is 0 Å². The average Bonchev–Trinajstić information content (AvgIpc) is 3.06. The van der Waals surface area contributed by atoms with Crippen LogP contribution in [0.15, 0.2) is 0 Å². The van der Waals surface area contributed by atoms with E-state index in [-0.39, 0.29) is 24.6 Å². The molecule has 0 bridgehead atoms. The van der Waals surface area contributed by atoms with Crippen LogP contribution in [-0.4, -0.2) is 65.2 Å². The van der Waals surface area contributed by atoms with Crippen molar-refractivity contribution in [1.29, 1.82) is 0 Å². The average molecular weight is 323 g/mol. The lowest BCUT2D eigenvalue weighted by Gasteiger charge is -2.47. The molecule has 3 fully saturated rings. The second-order valence-corrected chi connectivity index (χ2v) is 7.20. The van der Waals surface area contributed by atoms with Crippen LogP contribution >= 0.6 is 0 Å². The molecule has 23 heavy (non-hydrogen) atoms. The highest BCUT2D eigenvalue weighted by atomic mass is 16.3. The number of nitrogens with zero attached hydrogens (tertiary/aromatic N) is 2. The maximum Gasteiger partial charge on any atom is 0.317 e. The molecular formula is C17H29N3O3. The Morgan fingerprint density at radius 2 is 2.00 bits per heavy atom. The molecular weight excluding hydrogens is 294 g/mol. The lowest BCUT2D eigenvalue weighted by Crippen LogP contribution is -2.58. The van der Waals surface area contributed by atoms with Crippen molar-refractivity contribution in [2.24, 2.45) is 5.92 Å². The summed E-state index contributed by atoms with van der Waals surface area (Å²) in [5.74, 6) is 0.595. The summed E-state index contributed by atoms with van der Waals surface area (Å²) in [6, 6.07) is 0.682. The first-order valence-electron chi connectivity index (χ1n) is 9.15. The van der Waals surface area contributed by atoms with Gasteiger partial charge in [-0.15, -0.1) is 0 Å². The Labute approximate surface area is 138 Å². The number of urea groups is 1. The number of hydrogen-bond donors (Lipinski definition) is 2. The molecule has 3 amide bonds. The fraction of sp³-hybridized carbons (Fsp3) is 0.882. The molecule has 2 heterocycles. The van der Waals surface area contributed by atoms with Gasteiger partial charge < -0.3 is 20.2 Å². The van der Waals surface area contributed by atoms with E-state index in [9.17, 15) is 9.59 Å². The lowest BCUT2D eigenvalue weighted by atomic mass is 9.83. The first-order chi connectivity index (χ1) is 11.2. The summed E-state index contributed by atoms with van der Waals surface area (Å²) in [7, 11) is 0. The Morgan fingerprint density at radius 3 is 2.74 bits per heavy atom. The van der Waals surface area contributed by atoms with Crippen molar-refractivity contribution < 1.29 is 14.7 Å². The fourth-order valence-corrected chi connectivity index (χ4v) is 4.40. The summed E-state index contributed by atoms with van der Waals surface area (Å²) in [6.45, 7) is 2.25. The smallest absolute Gasteiger partial charge is 0.317 e. The highest BCUT2D eigenvalue weighted by Crippen LogP contribution is 2.31. The summed E-state index contributed by atoms with van der Waals surface area (Å²) in [5, 5.41) is 12.2. The Hall–Kier alpha value is -1.30. The van der Waals surface area contributed by atoms with Gasteiger partial charge in [0.2, 0.25) is 5.91 Å². The van der Waals surface area contributed by atoms with E-state index in [4.69, 9.17) is 5.11 Å². The quantitative estimate of drug-likeness (QED) is 0.820. The number of carbonyl (C=O) groups excluding carboxylic acids is 2. The van der Waals surface area contributed by atoms with Gasteiger partial charge in [-0.2, -0.15) is 0 Å². The molecule has 0 aromatic rings. The van der Waals surface area contributed by atoms with Crippen molar-refractivity contribution in [1.82, 2.24) is 15.1 Å². The number of hydrogen-bond acceptors (Lipinski definition) is 3. The molecule has 0 spiro atoms. The molecule has 130 valence electrons. The first-order valence-corrected chi connectivity index (χ1v) is 9.15. The highest BCUT2D eigenvalue weighted by Gasteiger charge is 2.40. The van der Waals surface area contributed by atoms with Crippen molar-refractivity contribution in [2.45, 2.75) is 63.5 Å². The molecule has 6 heteroatoms. The third-order valence-electron chi connectivity index (χ3n) is 5.67. The standard InChI is InChI=1S/C17H29N3O3/c21-11-3-9-20-15-8-10-19(12-13(15)6-7-16(20)22)17(23)18-14-4-1-2-5-14/h13-15,21H,1-12H2,(H,18,23)/t13-,15+/m0/s1. The van der Waals surface area contributed by atoms with E-state index in [1.165, 1.54) is 12.8 Å². The third-order valence-corrected chi connectivity index (χ3v) is 5.67. The summed E-state index contributed by atoms with van der Waals surface area (Å²) >= 11 is 0. The van der Waals surface area contributed by atoms with Crippen molar-refractivity contribution in [2.75, 3.05) is 26.2 Å². The van der Waals surface area contributed by atoms with Crippen molar-refractivity contribution in [3.63, 3.8) is 0 Å². The zero-order valence-electron chi connectivity index (χ0n) is 13.9. The number of piperidine rings is 2. The predicted octanol–water partition coefficient (Wildman–Crippen LogP) is 1.33. The van der Waals surface area contributed by atoms with E-state index in [0.717, 1.165) is 38.8 Å². The molecule has 2 N–H and O–H groups in total. The zero-order valence-corrected chi connectivity index (χ0v) is 13.9. The van der Waals surface area contributed by atoms with Gasteiger partial charge in [-0.25, -0.2) is 4.79 Å². The molecule has 2 atom stereocenters. The van der Waals surface area contributed by atoms with E-state index in [1.807, 2.05) is 9.80 Å². The minimum atomic E-state index is 0.0779. The van der Waals surface area contributed by atoms with Gasteiger partial charge in [0, 0.05) is 44.7 Å². The molecule has 2 aliphatic heterocycles. The maximum absolute atomic E-state index is 12.4. The summed E-state index contributed by atoms with van der Waals surface area (Å²) in [4.78, 5) is 28.5. The van der Waals surface area contributed by atoms with Gasteiger partial charge in [-0.05, 0) is 38.0 Å². The van der Waals surface area contributed by atoms with Gasteiger partial charge in [-0.1, -0.05) is 12.8 Å². The van der Waals surface area contributed by atoms with Gasteiger partial charge >= 0.3 is 6.03 Å². The molecule has 6 nitrogen and oxygen atoms in total. The molecule has 0 aromatic heterocycles. The van der Waals surface area contributed by atoms with Crippen LogP contribution in [0.25, 0.3) is 0 Å². The maximum atomic E-state index is 12.4. The molecule has 2 saturated heterocycles. The number of aliphatic hydroxyl groups is 1. The van der Waals surface area contributed by atoms with Gasteiger partial charge in [0.05, 0.1) is 0 Å². The van der Waals surface area contributed by atoms with E-state index in [1.54, 1.807) is 0 Å². The normalized spacial score (nSPS) is 28.8. The number of carbonyl (C=O) groups is 2. The van der Waals surface area contributed by atoms with Gasteiger partial charge in [0.1, 0.15) is 0 Å². The number of fused-ring (bicyclic) bond motifs is 1. The van der Waals surface area contributed by atoms with Crippen LogP contribution < -0.4 is 5.32 Å². The summed E-state index contributed by atoms with van der Waals surface area (Å²) < 4.78 is 0. The zero-order chi connectivity index (χ0) is 16.2. The third kappa shape index (κ3) is 3.79. The number of amides is 3. The second kappa shape index (κ2) is 7.51.